The molecule has 0 atom stereocenters. The molecule has 6 heteroatoms. The Labute approximate surface area is 135 Å². The van der Waals surface area contributed by atoms with Gasteiger partial charge in [0.15, 0.2) is 11.4 Å². The van der Waals surface area contributed by atoms with Crippen LogP contribution in [0.1, 0.15) is 0 Å². The lowest BCUT2D eigenvalue weighted by molar-refractivity contribution is 0.465. The van der Waals surface area contributed by atoms with Gasteiger partial charge in [-0.25, -0.2) is 4.98 Å². The van der Waals surface area contributed by atoms with Crippen LogP contribution in [0.2, 0.25) is 5.02 Å². The largest absolute Gasteiger partial charge is 0.503 e. The van der Waals surface area contributed by atoms with Crippen LogP contribution in [0.5, 0.6) is 5.75 Å². The molecule has 0 fully saturated rings. The molecule has 3 rings (SSSR count). The second-order valence-corrected chi connectivity index (χ2v) is 7.47. The van der Waals surface area contributed by atoms with Crippen LogP contribution in [0.15, 0.2) is 52.3 Å². The van der Waals surface area contributed by atoms with E-state index in [-0.39, 0.29) is 11.3 Å². The fourth-order valence-electron chi connectivity index (χ4n) is 2.40. The number of fused-ring (bicyclic) bond motifs is 1. The highest BCUT2D eigenvalue weighted by atomic mass is 35.5. The summed E-state index contributed by atoms with van der Waals surface area (Å²) in [6.45, 7) is 0. The summed E-state index contributed by atoms with van der Waals surface area (Å²) < 4.78 is 1.50. The maximum Gasteiger partial charge on any atom is 0.316 e. The van der Waals surface area contributed by atoms with Gasteiger partial charge < -0.3 is 5.11 Å². The highest BCUT2D eigenvalue weighted by molar-refractivity contribution is 7.95. The molecule has 22 heavy (non-hydrogen) atoms. The van der Waals surface area contributed by atoms with E-state index in [0.29, 0.717) is 26.6 Å². The normalized spacial score (nSPS) is 11.3. The molecular formula is C16H14ClN2O2S+. The molecule has 112 valence electrons. The maximum absolute atomic E-state index is 12.9. The SMILES string of the molecule is C[S+](C)c1c(O)c2cccnc2n(-c2cccc(Cl)c2)c1=O. The van der Waals surface area contributed by atoms with Gasteiger partial charge in [-0.1, -0.05) is 17.7 Å². The van der Waals surface area contributed by atoms with Gasteiger partial charge in [-0.3, -0.25) is 9.36 Å². The van der Waals surface area contributed by atoms with E-state index in [0.717, 1.165) is 0 Å². The van der Waals surface area contributed by atoms with Gasteiger partial charge in [0.2, 0.25) is 0 Å². The van der Waals surface area contributed by atoms with Crippen LogP contribution in [0, 0.1) is 0 Å². The average molecular weight is 334 g/mol. The first-order valence-electron chi connectivity index (χ1n) is 6.57. The van der Waals surface area contributed by atoms with E-state index in [2.05, 4.69) is 4.98 Å². The first-order chi connectivity index (χ1) is 10.5. The van der Waals surface area contributed by atoms with Gasteiger partial charge in [0, 0.05) is 22.1 Å². The van der Waals surface area contributed by atoms with Gasteiger partial charge in [-0.05, 0) is 30.3 Å². The van der Waals surface area contributed by atoms with Gasteiger partial charge in [-0.15, -0.1) is 0 Å². The number of nitrogens with zero attached hydrogens (tertiary/aromatic N) is 2. The summed E-state index contributed by atoms with van der Waals surface area (Å²) in [5.41, 5.74) is 0.786. The summed E-state index contributed by atoms with van der Waals surface area (Å²) in [6.07, 6.45) is 5.40. The second-order valence-electron chi connectivity index (χ2n) is 4.99. The molecule has 0 unspecified atom stereocenters. The molecule has 0 saturated carbocycles. The van der Waals surface area contributed by atoms with E-state index in [9.17, 15) is 9.90 Å². The molecule has 0 aliphatic heterocycles. The van der Waals surface area contributed by atoms with E-state index in [1.807, 2.05) is 12.5 Å². The van der Waals surface area contributed by atoms with Crippen molar-refractivity contribution in [3.63, 3.8) is 0 Å². The van der Waals surface area contributed by atoms with Crippen molar-refractivity contribution < 1.29 is 5.11 Å². The van der Waals surface area contributed by atoms with E-state index < -0.39 is 10.9 Å². The van der Waals surface area contributed by atoms with E-state index in [1.165, 1.54) is 4.57 Å². The third-order valence-corrected chi connectivity index (χ3v) is 4.76. The van der Waals surface area contributed by atoms with Crippen LogP contribution in [0.3, 0.4) is 0 Å². The summed E-state index contributed by atoms with van der Waals surface area (Å²) in [7, 11) is -0.392. The minimum Gasteiger partial charge on any atom is -0.503 e. The molecule has 0 aliphatic carbocycles. The number of aromatic nitrogens is 2. The topological polar surface area (TPSA) is 55.1 Å². The van der Waals surface area contributed by atoms with Gasteiger partial charge in [0.25, 0.3) is 4.90 Å². The Balaban J connectivity index is 2.51. The molecule has 0 saturated heterocycles. The van der Waals surface area contributed by atoms with Crippen LogP contribution in [-0.4, -0.2) is 27.2 Å². The highest BCUT2D eigenvalue weighted by Crippen LogP contribution is 2.29. The van der Waals surface area contributed by atoms with Crippen molar-refractivity contribution >= 4 is 33.5 Å². The Bertz CT molecular complexity index is 922. The minimum atomic E-state index is -0.392. The molecule has 1 aromatic carbocycles. The third-order valence-electron chi connectivity index (χ3n) is 3.34. The van der Waals surface area contributed by atoms with Crippen molar-refractivity contribution in [2.24, 2.45) is 0 Å². The minimum absolute atomic E-state index is 0.0136. The Kier molecular flexibility index (Phi) is 3.85. The number of halogens is 1. The van der Waals surface area contributed by atoms with Gasteiger partial charge in [0.05, 0.1) is 11.1 Å². The maximum atomic E-state index is 12.9. The number of aromatic hydroxyl groups is 1. The molecule has 0 bridgehead atoms. The Morgan fingerprint density at radius 3 is 2.68 bits per heavy atom. The lowest BCUT2D eigenvalue weighted by atomic mass is 10.2. The van der Waals surface area contributed by atoms with Crippen LogP contribution in [0.25, 0.3) is 16.7 Å². The number of pyridine rings is 2. The van der Waals surface area contributed by atoms with Crippen LogP contribution in [0.4, 0.5) is 0 Å². The molecule has 0 amide bonds. The van der Waals surface area contributed by atoms with Crippen molar-refractivity contribution in [1.29, 1.82) is 0 Å². The monoisotopic (exact) mass is 333 g/mol. The van der Waals surface area contributed by atoms with E-state index in [4.69, 9.17) is 11.6 Å². The zero-order valence-electron chi connectivity index (χ0n) is 12.1. The van der Waals surface area contributed by atoms with Gasteiger partial charge in [0.1, 0.15) is 12.5 Å². The van der Waals surface area contributed by atoms with E-state index in [1.54, 1.807) is 42.6 Å². The Morgan fingerprint density at radius 1 is 1.23 bits per heavy atom. The Hall–Kier alpha value is -1.98. The number of hydrogen-bond donors (Lipinski definition) is 1. The predicted molar refractivity (Wildman–Crippen MR) is 91.5 cm³/mol. The van der Waals surface area contributed by atoms with Gasteiger partial charge in [-0.2, -0.15) is 0 Å². The van der Waals surface area contributed by atoms with Gasteiger partial charge >= 0.3 is 5.56 Å². The van der Waals surface area contributed by atoms with Crippen molar-refractivity contribution in [3.8, 4) is 11.4 Å². The van der Waals surface area contributed by atoms with Crippen molar-refractivity contribution in [1.82, 2.24) is 9.55 Å². The molecule has 4 nitrogen and oxygen atoms in total. The molecule has 2 aromatic heterocycles. The highest BCUT2D eigenvalue weighted by Gasteiger charge is 2.26. The standard InChI is InChI=1S/C16H13ClN2O2S/c1-22(2)14-13(20)12-7-4-8-18-15(12)19(16(14)21)11-6-3-5-10(17)9-11/h3-9H,1-2H3/p+1. The smallest absolute Gasteiger partial charge is 0.316 e. The first kappa shape index (κ1) is 14.9. The van der Waals surface area contributed by atoms with Crippen LogP contribution < -0.4 is 5.56 Å². The number of hydrogen-bond acceptors (Lipinski definition) is 3. The lowest BCUT2D eigenvalue weighted by Crippen LogP contribution is -2.25. The summed E-state index contributed by atoms with van der Waals surface area (Å²) in [5, 5.41) is 11.5. The summed E-state index contributed by atoms with van der Waals surface area (Å²) in [6, 6.07) is 10.5. The fraction of sp³-hybridized carbons (Fsp3) is 0.125. The predicted octanol–water partition coefficient (Wildman–Crippen LogP) is 2.98. The van der Waals surface area contributed by atoms with Crippen LogP contribution >= 0.6 is 11.6 Å². The summed E-state index contributed by atoms with van der Waals surface area (Å²) in [4.78, 5) is 17.6. The zero-order chi connectivity index (χ0) is 15.9. The molecule has 2 heterocycles. The summed E-state index contributed by atoms with van der Waals surface area (Å²) >= 11 is 6.05. The summed E-state index contributed by atoms with van der Waals surface area (Å²) in [5.74, 6) is 0.0136. The van der Waals surface area contributed by atoms with Crippen molar-refractivity contribution in [2.45, 2.75) is 4.90 Å². The fourth-order valence-corrected chi connectivity index (χ4v) is 3.53. The number of rotatable bonds is 2. The van der Waals surface area contributed by atoms with Crippen molar-refractivity contribution in [2.75, 3.05) is 12.5 Å². The van der Waals surface area contributed by atoms with Crippen LogP contribution in [-0.2, 0) is 10.9 Å². The van der Waals surface area contributed by atoms with E-state index >= 15 is 0 Å². The molecule has 0 radical (unpaired) electrons. The van der Waals surface area contributed by atoms with Crippen molar-refractivity contribution in [3.05, 3.63) is 58.0 Å². The third kappa shape index (κ3) is 2.36. The lowest BCUT2D eigenvalue weighted by Gasteiger charge is -2.12. The first-order valence-corrected chi connectivity index (χ1v) is 8.99. The molecule has 1 N–H and O–H groups in total. The molecular weight excluding hydrogens is 320 g/mol. The average Bonchev–Trinajstić information content (AvgIpc) is 2.47. The quantitative estimate of drug-likeness (QED) is 0.733. The Morgan fingerprint density at radius 2 is 2.00 bits per heavy atom. The second kappa shape index (κ2) is 5.66. The molecule has 0 aliphatic rings. The molecule has 0 spiro atoms. The zero-order valence-corrected chi connectivity index (χ0v) is 13.6. The number of benzene rings is 1. The molecule has 3 aromatic rings.